The van der Waals surface area contributed by atoms with Gasteiger partial charge in [-0.1, -0.05) is 12.1 Å². The molecule has 1 amide bonds. The van der Waals surface area contributed by atoms with Crippen molar-refractivity contribution in [2.24, 2.45) is 0 Å². The van der Waals surface area contributed by atoms with E-state index in [-0.39, 0.29) is 18.1 Å². The predicted molar refractivity (Wildman–Crippen MR) is 94.4 cm³/mol. The van der Waals surface area contributed by atoms with Crippen LogP contribution in [0.4, 0.5) is 10.2 Å². The molecular weight excluding hydrogens is 335 g/mol. The molecule has 0 aliphatic carbocycles. The lowest BCUT2D eigenvalue weighted by atomic mass is 10.1. The zero-order chi connectivity index (χ0) is 18.1. The van der Waals surface area contributed by atoms with Gasteiger partial charge in [-0.3, -0.25) is 4.79 Å². The number of hydrogen-bond acceptors (Lipinski definition) is 5. The average molecular weight is 354 g/mol. The Hall–Kier alpha value is -3.03. The first kappa shape index (κ1) is 16.4. The SMILES string of the molecule is Cc1cc(N2CCN(C(=O)Cc3cccc(F)c3)CC2)n2ncnc2n1. The number of aryl methyl sites for hydroxylation is 1. The van der Waals surface area contributed by atoms with Crippen molar-refractivity contribution >= 4 is 17.5 Å². The van der Waals surface area contributed by atoms with E-state index < -0.39 is 0 Å². The van der Waals surface area contributed by atoms with Gasteiger partial charge >= 0.3 is 0 Å². The summed E-state index contributed by atoms with van der Waals surface area (Å²) in [5.74, 6) is 1.21. The third-order valence-corrected chi connectivity index (χ3v) is 4.56. The normalized spacial score (nSPS) is 14.8. The van der Waals surface area contributed by atoms with Crippen molar-refractivity contribution in [1.29, 1.82) is 0 Å². The summed E-state index contributed by atoms with van der Waals surface area (Å²) in [7, 11) is 0. The van der Waals surface area contributed by atoms with Gasteiger partial charge in [0.25, 0.3) is 5.78 Å². The van der Waals surface area contributed by atoms with E-state index in [0.717, 1.165) is 11.5 Å². The first-order chi connectivity index (χ1) is 12.6. The molecule has 0 spiro atoms. The van der Waals surface area contributed by atoms with E-state index in [9.17, 15) is 9.18 Å². The number of carbonyl (C=O) groups excluding carboxylic acids is 1. The number of benzene rings is 1. The Morgan fingerprint density at radius 3 is 2.77 bits per heavy atom. The smallest absolute Gasteiger partial charge is 0.254 e. The van der Waals surface area contributed by atoms with Crippen molar-refractivity contribution < 1.29 is 9.18 Å². The van der Waals surface area contributed by atoms with Gasteiger partial charge in [-0.15, -0.1) is 0 Å². The molecule has 3 aromatic rings. The van der Waals surface area contributed by atoms with Crippen LogP contribution in [0.2, 0.25) is 0 Å². The van der Waals surface area contributed by atoms with Crippen molar-refractivity contribution in [3.8, 4) is 0 Å². The minimum absolute atomic E-state index is 0.0204. The summed E-state index contributed by atoms with van der Waals surface area (Å²) in [4.78, 5) is 25.0. The van der Waals surface area contributed by atoms with E-state index in [4.69, 9.17) is 0 Å². The second-order valence-electron chi connectivity index (χ2n) is 6.40. The summed E-state index contributed by atoms with van der Waals surface area (Å²) in [5, 5.41) is 4.24. The molecule has 1 aromatic carbocycles. The minimum Gasteiger partial charge on any atom is -0.353 e. The van der Waals surface area contributed by atoms with Gasteiger partial charge < -0.3 is 9.80 Å². The molecule has 0 unspecified atom stereocenters. The number of rotatable bonds is 3. The fourth-order valence-electron chi connectivity index (χ4n) is 3.25. The summed E-state index contributed by atoms with van der Waals surface area (Å²) in [6.45, 7) is 4.56. The fourth-order valence-corrected chi connectivity index (χ4v) is 3.25. The van der Waals surface area contributed by atoms with Crippen LogP contribution in [0.15, 0.2) is 36.7 Å². The van der Waals surface area contributed by atoms with Crippen LogP contribution in [0.25, 0.3) is 5.78 Å². The average Bonchev–Trinajstić information content (AvgIpc) is 3.09. The van der Waals surface area contributed by atoms with Gasteiger partial charge in [0.2, 0.25) is 5.91 Å². The van der Waals surface area contributed by atoms with E-state index in [1.54, 1.807) is 16.6 Å². The van der Waals surface area contributed by atoms with Crippen LogP contribution >= 0.6 is 0 Å². The highest BCUT2D eigenvalue weighted by Gasteiger charge is 2.23. The molecule has 7 nitrogen and oxygen atoms in total. The third kappa shape index (κ3) is 3.22. The maximum Gasteiger partial charge on any atom is 0.254 e. The quantitative estimate of drug-likeness (QED) is 0.712. The Morgan fingerprint density at radius 2 is 2.00 bits per heavy atom. The van der Waals surface area contributed by atoms with Crippen LogP contribution in [0, 0.1) is 12.7 Å². The molecule has 1 aliphatic heterocycles. The van der Waals surface area contributed by atoms with Crippen LogP contribution in [-0.4, -0.2) is 56.6 Å². The molecule has 1 saturated heterocycles. The van der Waals surface area contributed by atoms with Crippen LogP contribution in [0.5, 0.6) is 0 Å². The van der Waals surface area contributed by atoms with Crippen molar-refractivity contribution in [3.63, 3.8) is 0 Å². The van der Waals surface area contributed by atoms with Gasteiger partial charge in [0.05, 0.1) is 6.42 Å². The van der Waals surface area contributed by atoms with E-state index in [1.165, 1.54) is 18.5 Å². The number of amides is 1. The van der Waals surface area contributed by atoms with Gasteiger partial charge in [0.1, 0.15) is 18.0 Å². The molecule has 0 bridgehead atoms. The molecule has 8 heteroatoms. The lowest BCUT2D eigenvalue weighted by Crippen LogP contribution is -2.49. The molecule has 134 valence electrons. The van der Waals surface area contributed by atoms with Crippen LogP contribution < -0.4 is 4.90 Å². The Bertz CT molecular complexity index is 948. The van der Waals surface area contributed by atoms with Gasteiger partial charge in [-0.2, -0.15) is 14.6 Å². The maximum absolute atomic E-state index is 13.3. The number of aromatic nitrogens is 4. The molecule has 2 aromatic heterocycles. The zero-order valence-corrected chi connectivity index (χ0v) is 14.5. The Kier molecular flexibility index (Phi) is 4.24. The van der Waals surface area contributed by atoms with Crippen molar-refractivity contribution in [2.45, 2.75) is 13.3 Å². The molecule has 4 rings (SSSR count). The molecule has 0 N–H and O–H groups in total. The number of fused-ring (bicyclic) bond motifs is 1. The molecule has 1 aliphatic rings. The number of carbonyl (C=O) groups is 1. The van der Waals surface area contributed by atoms with Crippen LogP contribution in [0.1, 0.15) is 11.3 Å². The van der Waals surface area contributed by atoms with Crippen LogP contribution in [-0.2, 0) is 11.2 Å². The lowest BCUT2D eigenvalue weighted by molar-refractivity contribution is -0.130. The highest BCUT2D eigenvalue weighted by Crippen LogP contribution is 2.18. The number of nitrogens with zero attached hydrogens (tertiary/aromatic N) is 6. The van der Waals surface area contributed by atoms with Crippen molar-refractivity contribution in [1.82, 2.24) is 24.5 Å². The Morgan fingerprint density at radius 1 is 1.19 bits per heavy atom. The largest absolute Gasteiger partial charge is 0.353 e. The summed E-state index contributed by atoms with van der Waals surface area (Å²) in [5.41, 5.74) is 1.58. The summed E-state index contributed by atoms with van der Waals surface area (Å²) in [6.07, 6.45) is 1.71. The zero-order valence-electron chi connectivity index (χ0n) is 14.5. The molecule has 0 saturated carbocycles. The third-order valence-electron chi connectivity index (χ3n) is 4.56. The van der Waals surface area contributed by atoms with Gasteiger partial charge in [0, 0.05) is 37.9 Å². The number of piperazine rings is 1. The molecular formula is C18H19FN6O. The van der Waals surface area contributed by atoms with E-state index in [1.807, 2.05) is 17.9 Å². The second-order valence-corrected chi connectivity index (χ2v) is 6.40. The standard InChI is InChI=1S/C18H19FN6O/c1-13-9-16(25-18(22-13)20-12-21-25)23-5-7-24(8-6-23)17(26)11-14-3-2-4-15(19)10-14/h2-4,9-10,12H,5-8,11H2,1H3. The van der Waals surface area contributed by atoms with Gasteiger partial charge in [0.15, 0.2) is 0 Å². The number of anilines is 1. The first-order valence-electron chi connectivity index (χ1n) is 8.55. The summed E-state index contributed by atoms with van der Waals surface area (Å²) >= 11 is 0. The lowest BCUT2D eigenvalue weighted by Gasteiger charge is -2.36. The van der Waals surface area contributed by atoms with E-state index in [0.29, 0.717) is 37.5 Å². The minimum atomic E-state index is -0.315. The molecule has 26 heavy (non-hydrogen) atoms. The predicted octanol–water partition coefficient (Wildman–Crippen LogP) is 1.46. The molecule has 1 fully saturated rings. The molecule has 3 heterocycles. The maximum atomic E-state index is 13.3. The Labute approximate surface area is 150 Å². The number of halogens is 1. The highest BCUT2D eigenvalue weighted by molar-refractivity contribution is 5.79. The van der Waals surface area contributed by atoms with Crippen molar-refractivity contribution in [3.05, 3.63) is 53.7 Å². The van der Waals surface area contributed by atoms with Crippen LogP contribution in [0.3, 0.4) is 0 Å². The molecule has 0 radical (unpaired) electrons. The van der Waals surface area contributed by atoms with Gasteiger partial charge in [-0.05, 0) is 24.6 Å². The first-order valence-corrected chi connectivity index (χ1v) is 8.55. The van der Waals surface area contributed by atoms with Crippen molar-refractivity contribution in [2.75, 3.05) is 31.1 Å². The topological polar surface area (TPSA) is 66.6 Å². The second kappa shape index (κ2) is 6.70. The van der Waals surface area contributed by atoms with Gasteiger partial charge in [-0.25, -0.2) is 9.37 Å². The van der Waals surface area contributed by atoms with E-state index in [2.05, 4.69) is 20.0 Å². The summed E-state index contributed by atoms with van der Waals surface area (Å²) in [6, 6.07) is 8.18. The Balaban J connectivity index is 1.43. The van der Waals surface area contributed by atoms with E-state index >= 15 is 0 Å². The highest BCUT2D eigenvalue weighted by atomic mass is 19.1. The summed E-state index contributed by atoms with van der Waals surface area (Å²) < 4.78 is 15.0. The fraction of sp³-hybridized carbons (Fsp3) is 0.333. The monoisotopic (exact) mass is 354 g/mol. The number of hydrogen-bond donors (Lipinski definition) is 0. The molecule has 0 atom stereocenters.